The molecule has 7 heteroatoms. The van der Waals surface area contributed by atoms with Gasteiger partial charge in [0.05, 0.1) is 11.2 Å². The summed E-state index contributed by atoms with van der Waals surface area (Å²) in [6.45, 7) is 0. The van der Waals surface area contributed by atoms with Crippen molar-refractivity contribution in [2.24, 2.45) is 0 Å². The van der Waals surface area contributed by atoms with Crippen molar-refractivity contribution in [3.05, 3.63) is 78.9 Å². The van der Waals surface area contributed by atoms with Gasteiger partial charge in [-0.1, -0.05) is 48.5 Å². The smallest absolute Gasteiger partial charge is 0.150 e. The fourth-order valence-corrected chi connectivity index (χ4v) is 4.54. The highest BCUT2D eigenvalue weighted by molar-refractivity contribution is 5.91. The fraction of sp³-hybridized carbons (Fsp3) is 0.160. The van der Waals surface area contributed by atoms with Crippen LogP contribution in [0.1, 0.15) is 24.6 Å². The van der Waals surface area contributed by atoms with E-state index in [4.69, 9.17) is 15.7 Å². The van der Waals surface area contributed by atoms with Gasteiger partial charge < -0.3 is 10.9 Å². The summed E-state index contributed by atoms with van der Waals surface area (Å²) in [5.41, 5.74) is 14.1. The fourth-order valence-electron chi connectivity index (χ4n) is 4.54. The number of hydrogen-bond acceptors (Lipinski definition) is 6. The second-order valence-corrected chi connectivity index (χ2v) is 8.31. The summed E-state index contributed by atoms with van der Waals surface area (Å²) in [4.78, 5) is 14.2. The first kappa shape index (κ1) is 18.9. The molecule has 5 aromatic rings. The Balaban J connectivity index is 1.49. The third kappa shape index (κ3) is 3.02. The van der Waals surface area contributed by atoms with Crippen LogP contribution in [-0.4, -0.2) is 30.6 Å². The third-order valence-electron chi connectivity index (χ3n) is 6.33. The first-order valence-corrected chi connectivity index (χ1v) is 10.7. The number of nitrogens with two attached hydrogens (primary N) is 1. The van der Waals surface area contributed by atoms with Crippen molar-refractivity contribution in [2.45, 2.75) is 24.8 Å². The van der Waals surface area contributed by atoms with Crippen LogP contribution >= 0.6 is 0 Å². The quantitative estimate of drug-likeness (QED) is 0.371. The van der Waals surface area contributed by atoms with Crippen molar-refractivity contribution in [3.63, 3.8) is 0 Å². The van der Waals surface area contributed by atoms with Crippen LogP contribution in [0.15, 0.2) is 73.1 Å². The normalized spacial score (nSPS) is 18.2. The lowest BCUT2D eigenvalue weighted by molar-refractivity contribution is 0.0764. The van der Waals surface area contributed by atoms with Crippen molar-refractivity contribution < 1.29 is 5.21 Å². The van der Waals surface area contributed by atoms with Gasteiger partial charge in [-0.2, -0.15) is 0 Å². The molecule has 158 valence electrons. The number of imidazole rings is 1. The molecule has 0 aliphatic heterocycles. The summed E-state index contributed by atoms with van der Waals surface area (Å²) in [7, 11) is 0. The van der Waals surface area contributed by atoms with Gasteiger partial charge in [0.2, 0.25) is 0 Å². The van der Waals surface area contributed by atoms with Gasteiger partial charge in [0.25, 0.3) is 0 Å². The number of nitrogens with zero attached hydrogens (tertiary/aromatic N) is 4. The summed E-state index contributed by atoms with van der Waals surface area (Å²) in [5, 5.41) is 10.3. The van der Waals surface area contributed by atoms with Gasteiger partial charge in [-0.3, -0.25) is 4.40 Å². The van der Waals surface area contributed by atoms with Crippen molar-refractivity contribution in [1.29, 1.82) is 0 Å². The molecule has 3 heterocycles. The van der Waals surface area contributed by atoms with E-state index in [1.165, 1.54) is 0 Å². The summed E-state index contributed by atoms with van der Waals surface area (Å²) < 4.78 is 2.04. The molecule has 0 spiro atoms. The SMILES string of the molecule is Nc1nccn2c1c(-c1ccc3ccc(-c4ccccc4)nc3c1)nc2[C@H]1C[C@@H](NO)C1. The zero-order valence-corrected chi connectivity index (χ0v) is 17.3. The standard InChI is InChI=1S/C25H22N6O/c26-24-23-22(29-25(31(23)11-10-27-24)18-12-19(13-18)30-32)17-7-6-16-8-9-20(28-21(16)14-17)15-4-2-1-3-5-15/h1-11,14,18-19,30,32H,12-13H2,(H2,26,27)/t18-,19+. The summed E-state index contributed by atoms with van der Waals surface area (Å²) in [5.74, 6) is 1.65. The highest BCUT2D eigenvalue weighted by Crippen LogP contribution is 2.39. The van der Waals surface area contributed by atoms with E-state index in [2.05, 4.69) is 46.9 Å². The summed E-state index contributed by atoms with van der Waals surface area (Å²) in [6, 6.07) is 20.6. The van der Waals surface area contributed by atoms with Crippen LogP contribution in [0.4, 0.5) is 5.82 Å². The van der Waals surface area contributed by atoms with E-state index in [9.17, 15) is 5.21 Å². The lowest BCUT2D eigenvalue weighted by Gasteiger charge is -2.33. The molecule has 0 unspecified atom stereocenters. The van der Waals surface area contributed by atoms with E-state index in [0.717, 1.165) is 57.6 Å². The number of hydrogen-bond donors (Lipinski definition) is 3. The Morgan fingerprint density at radius 1 is 0.969 bits per heavy atom. The number of pyridine rings is 1. The molecular weight excluding hydrogens is 400 g/mol. The zero-order chi connectivity index (χ0) is 21.7. The topological polar surface area (TPSA) is 101 Å². The van der Waals surface area contributed by atoms with E-state index in [-0.39, 0.29) is 12.0 Å². The van der Waals surface area contributed by atoms with E-state index in [0.29, 0.717) is 5.82 Å². The van der Waals surface area contributed by atoms with Crippen LogP contribution in [0.5, 0.6) is 0 Å². The number of hydroxylamine groups is 1. The molecule has 1 fully saturated rings. The van der Waals surface area contributed by atoms with Crippen molar-refractivity contribution in [2.75, 3.05) is 5.73 Å². The highest BCUT2D eigenvalue weighted by atomic mass is 16.5. The number of nitrogen functional groups attached to an aromatic ring is 1. The number of rotatable bonds is 4. The van der Waals surface area contributed by atoms with Gasteiger partial charge in [0, 0.05) is 40.9 Å². The minimum atomic E-state index is 0.108. The Kier molecular flexibility index (Phi) is 4.38. The van der Waals surface area contributed by atoms with Crippen molar-refractivity contribution in [3.8, 4) is 22.5 Å². The molecule has 7 nitrogen and oxygen atoms in total. The van der Waals surface area contributed by atoms with Gasteiger partial charge in [0.15, 0.2) is 0 Å². The summed E-state index contributed by atoms with van der Waals surface area (Å²) >= 11 is 0. The van der Waals surface area contributed by atoms with Crippen LogP contribution in [0.3, 0.4) is 0 Å². The average molecular weight is 422 g/mol. The second-order valence-electron chi connectivity index (χ2n) is 8.31. The molecule has 6 rings (SSSR count). The molecule has 0 atom stereocenters. The number of anilines is 1. The minimum absolute atomic E-state index is 0.108. The van der Waals surface area contributed by atoms with Crippen LogP contribution < -0.4 is 11.2 Å². The molecule has 32 heavy (non-hydrogen) atoms. The minimum Gasteiger partial charge on any atom is -0.382 e. The van der Waals surface area contributed by atoms with E-state index < -0.39 is 0 Å². The number of nitrogens with one attached hydrogen (secondary N) is 1. The maximum atomic E-state index is 9.18. The lowest BCUT2D eigenvalue weighted by atomic mass is 9.80. The molecule has 2 aromatic carbocycles. The first-order chi connectivity index (χ1) is 15.7. The molecule has 1 aliphatic carbocycles. The molecule has 3 aromatic heterocycles. The van der Waals surface area contributed by atoms with E-state index in [1.807, 2.05) is 34.9 Å². The monoisotopic (exact) mass is 422 g/mol. The van der Waals surface area contributed by atoms with Crippen LogP contribution in [0.2, 0.25) is 0 Å². The van der Waals surface area contributed by atoms with E-state index in [1.54, 1.807) is 6.20 Å². The Bertz CT molecular complexity index is 1440. The Morgan fingerprint density at radius 2 is 1.78 bits per heavy atom. The Morgan fingerprint density at radius 3 is 2.59 bits per heavy atom. The average Bonchev–Trinajstić information content (AvgIpc) is 3.19. The highest BCUT2D eigenvalue weighted by Gasteiger charge is 2.34. The molecule has 1 aliphatic rings. The van der Waals surface area contributed by atoms with Crippen LogP contribution in [0, 0.1) is 0 Å². The van der Waals surface area contributed by atoms with Crippen molar-refractivity contribution >= 4 is 22.2 Å². The number of fused-ring (bicyclic) bond motifs is 2. The second kappa shape index (κ2) is 7.40. The molecule has 0 amide bonds. The van der Waals surface area contributed by atoms with E-state index >= 15 is 0 Å². The predicted octanol–water partition coefficient (Wildman–Crippen LogP) is 4.42. The maximum Gasteiger partial charge on any atom is 0.150 e. The van der Waals surface area contributed by atoms with Gasteiger partial charge in [-0.15, -0.1) is 0 Å². The third-order valence-corrected chi connectivity index (χ3v) is 6.33. The number of benzene rings is 2. The molecule has 0 bridgehead atoms. The molecule has 0 radical (unpaired) electrons. The van der Waals surface area contributed by atoms with Gasteiger partial charge in [-0.05, 0) is 25.0 Å². The number of aromatic nitrogens is 4. The van der Waals surface area contributed by atoms with Crippen LogP contribution in [-0.2, 0) is 0 Å². The molecule has 4 N–H and O–H groups in total. The van der Waals surface area contributed by atoms with Gasteiger partial charge in [-0.25, -0.2) is 20.4 Å². The molecule has 0 saturated heterocycles. The largest absolute Gasteiger partial charge is 0.382 e. The molecule has 1 saturated carbocycles. The van der Waals surface area contributed by atoms with Crippen LogP contribution in [0.25, 0.3) is 38.9 Å². The maximum absolute atomic E-state index is 9.18. The van der Waals surface area contributed by atoms with Crippen molar-refractivity contribution in [1.82, 2.24) is 24.8 Å². The molecular formula is C25H22N6O. The zero-order valence-electron chi connectivity index (χ0n) is 17.3. The Labute approximate surface area is 184 Å². The first-order valence-electron chi connectivity index (χ1n) is 10.7. The van der Waals surface area contributed by atoms with Gasteiger partial charge in [0.1, 0.15) is 22.9 Å². The van der Waals surface area contributed by atoms with Gasteiger partial charge >= 0.3 is 0 Å². The lowest BCUT2D eigenvalue weighted by Crippen LogP contribution is -2.38. The predicted molar refractivity (Wildman–Crippen MR) is 124 cm³/mol. The Hall–Kier alpha value is -3.81. The summed E-state index contributed by atoms with van der Waals surface area (Å²) in [6.07, 6.45) is 5.27.